The molecule has 23 heavy (non-hydrogen) atoms. The largest absolute Gasteiger partial charge is 0.440 e. The minimum absolute atomic E-state index is 0.586. The van der Waals surface area contributed by atoms with Crippen molar-refractivity contribution >= 4 is 0 Å². The Kier molecular flexibility index (Phi) is 4.86. The van der Waals surface area contributed by atoms with Crippen LogP contribution in [0.5, 0.6) is 0 Å². The van der Waals surface area contributed by atoms with Crippen molar-refractivity contribution in [1.29, 1.82) is 0 Å². The molecule has 0 saturated heterocycles. The molecule has 1 N–H and O–H groups in total. The van der Waals surface area contributed by atoms with Gasteiger partial charge in [0.1, 0.15) is 5.69 Å². The summed E-state index contributed by atoms with van der Waals surface area (Å²) >= 11 is 0. The smallest absolute Gasteiger partial charge is 0.199 e. The van der Waals surface area contributed by atoms with Crippen LogP contribution >= 0.6 is 0 Å². The fourth-order valence-corrected chi connectivity index (χ4v) is 2.30. The Morgan fingerprint density at radius 3 is 2.30 bits per heavy atom. The van der Waals surface area contributed by atoms with Gasteiger partial charge in [-0.05, 0) is 0 Å². The van der Waals surface area contributed by atoms with Crippen molar-refractivity contribution < 1.29 is 9.25 Å². The van der Waals surface area contributed by atoms with Gasteiger partial charge < -0.3 is 4.42 Å². The highest BCUT2D eigenvalue weighted by Gasteiger charge is 2.15. The predicted molar refractivity (Wildman–Crippen MR) is 90.4 cm³/mol. The molecule has 0 unspecified atom stereocenters. The van der Waals surface area contributed by atoms with Crippen LogP contribution in [0.25, 0.3) is 22.6 Å². The van der Waals surface area contributed by atoms with Crippen molar-refractivity contribution in [3.05, 3.63) is 78.8 Å². The normalized spacial score (nSPS) is 11.0. The van der Waals surface area contributed by atoms with Gasteiger partial charge in [-0.2, -0.15) is 0 Å². The van der Waals surface area contributed by atoms with Crippen molar-refractivity contribution in [2.45, 2.75) is 6.42 Å². The second kappa shape index (κ2) is 7.42. The van der Waals surface area contributed by atoms with E-state index in [1.807, 2.05) is 66.7 Å². The van der Waals surface area contributed by atoms with Gasteiger partial charge in [0.2, 0.25) is 0 Å². The van der Waals surface area contributed by atoms with E-state index in [2.05, 4.69) is 10.5 Å². The lowest BCUT2D eigenvalue weighted by Gasteiger charge is -2.00. The van der Waals surface area contributed by atoms with Crippen LogP contribution in [0, 0.1) is 0 Å². The number of hydrogen-bond donors (Lipinski definition) is 1. The summed E-state index contributed by atoms with van der Waals surface area (Å²) < 4.78 is 6.00. The van der Waals surface area contributed by atoms with Gasteiger partial charge in [-0.25, -0.2) is 4.98 Å². The van der Waals surface area contributed by atoms with Crippen LogP contribution < -0.4 is 5.48 Å². The molecule has 1 aromatic heterocycles. The lowest BCUT2D eigenvalue weighted by molar-refractivity contribution is 0.128. The van der Waals surface area contributed by atoms with Crippen molar-refractivity contribution in [1.82, 2.24) is 10.5 Å². The second-order valence-corrected chi connectivity index (χ2v) is 4.95. The van der Waals surface area contributed by atoms with Gasteiger partial charge in [0, 0.05) is 23.7 Å². The van der Waals surface area contributed by atoms with E-state index in [0.717, 1.165) is 22.6 Å². The number of hydrogen-bond acceptors (Lipinski definition) is 4. The van der Waals surface area contributed by atoms with Crippen LogP contribution in [0.3, 0.4) is 0 Å². The summed E-state index contributed by atoms with van der Waals surface area (Å²) in [6.45, 7) is 0. The summed E-state index contributed by atoms with van der Waals surface area (Å²) in [5.74, 6) is 1.46. The SMILES string of the molecule is CON/C=C/Cc1nc(-c2ccccc2)c(-c2ccccc2)o1. The van der Waals surface area contributed by atoms with Crippen LogP contribution in [-0.4, -0.2) is 12.1 Å². The Morgan fingerprint density at radius 2 is 1.65 bits per heavy atom. The van der Waals surface area contributed by atoms with E-state index in [4.69, 9.17) is 9.25 Å². The first-order chi connectivity index (χ1) is 11.4. The molecule has 4 nitrogen and oxygen atoms in total. The number of nitrogens with one attached hydrogen (secondary N) is 1. The average Bonchev–Trinajstić information content (AvgIpc) is 3.05. The molecule has 3 rings (SSSR count). The molecule has 0 aliphatic carbocycles. The molecule has 0 aliphatic rings. The molecule has 0 aliphatic heterocycles. The number of allylic oxidation sites excluding steroid dienone is 1. The third-order valence-corrected chi connectivity index (χ3v) is 3.35. The van der Waals surface area contributed by atoms with Gasteiger partial charge >= 0.3 is 0 Å². The van der Waals surface area contributed by atoms with E-state index in [9.17, 15) is 0 Å². The second-order valence-electron chi connectivity index (χ2n) is 4.95. The highest BCUT2D eigenvalue weighted by molar-refractivity contribution is 5.76. The zero-order chi connectivity index (χ0) is 15.9. The minimum Gasteiger partial charge on any atom is -0.440 e. The van der Waals surface area contributed by atoms with Gasteiger partial charge in [-0.3, -0.25) is 10.3 Å². The van der Waals surface area contributed by atoms with E-state index in [1.165, 1.54) is 0 Å². The monoisotopic (exact) mass is 306 g/mol. The molecule has 2 aromatic carbocycles. The summed E-state index contributed by atoms with van der Waals surface area (Å²) in [6, 6.07) is 20.1. The molecule has 0 atom stereocenters. The Morgan fingerprint density at radius 1 is 1.00 bits per heavy atom. The number of hydroxylamine groups is 1. The average molecular weight is 306 g/mol. The number of oxazole rings is 1. The predicted octanol–water partition coefficient (Wildman–Crippen LogP) is 4.22. The molecule has 0 radical (unpaired) electrons. The first-order valence-corrected chi connectivity index (χ1v) is 7.42. The fourth-order valence-electron chi connectivity index (χ4n) is 2.30. The maximum absolute atomic E-state index is 6.00. The van der Waals surface area contributed by atoms with Crippen LogP contribution in [0.1, 0.15) is 5.89 Å². The van der Waals surface area contributed by atoms with Gasteiger partial charge in [-0.15, -0.1) is 0 Å². The summed E-state index contributed by atoms with van der Waals surface area (Å²) in [4.78, 5) is 9.43. The minimum atomic E-state index is 0.586. The number of benzene rings is 2. The quantitative estimate of drug-likeness (QED) is 0.693. The van der Waals surface area contributed by atoms with Crippen LogP contribution in [-0.2, 0) is 11.3 Å². The lowest BCUT2D eigenvalue weighted by atomic mass is 10.1. The zero-order valence-corrected chi connectivity index (χ0v) is 12.9. The molecule has 0 spiro atoms. The Balaban J connectivity index is 1.97. The van der Waals surface area contributed by atoms with Gasteiger partial charge in [-0.1, -0.05) is 66.7 Å². The summed E-state index contributed by atoms with van der Waals surface area (Å²) in [7, 11) is 1.57. The lowest BCUT2D eigenvalue weighted by Crippen LogP contribution is -2.00. The topological polar surface area (TPSA) is 47.3 Å². The van der Waals surface area contributed by atoms with E-state index in [-0.39, 0.29) is 0 Å². The number of rotatable bonds is 6. The van der Waals surface area contributed by atoms with E-state index < -0.39 is 0 Å². The van der Waals surface area contributed by atoms with E-state index >= 15 is 0 Å². The van der Waals surface area contributed by atoms with Crippen molar-refractivity contribution in [2.24, 2.45) is 0 Å². The maximum atomic E-state index is 6.00. The molecule has 3 aromatic rings. The molecule has 0 bridgehead atoms. The number of nitrogens with zero attached hydrogens (tertiary/aromatic N) is 1. The first kappa shape index (κ1) is 15.1. The summed E-state index contributed by atoms with van der Waals surface area (Å²) in [6.07, 6.45) is 4.20. The molecule has 0 saturated carbocycles. The van der Waals surface area contributed by atoms with Crippen molar-refractivity contribution in [3.8, 4) is 22.6 Å². The molecular formula is C19H18N2O2. The Hall–Kier alpha value is -2.85. The Bertz CT molecular complexity index is 708. The molecule has 1 heterocycles. The van der Waals surface area contributed by atoms with Crippen molar-refractivity contribution in [3.63, 3.8) is 0 Å². The summed E-state index contributed by atoms with van der Waals surface area (Å²) in [5.41, 5.74) is 5.57. The zero-order valence-electron chi connectivity index (χ0n) is 12.9. The van der Waals surface area contributed by atoms with Crippen LogP contribution in [0.2, 0.25) is 0 Å². The van der Waals surface area contributed by atoms with E-state index in [0.29, 0.717) is 12.3 Å². The first-order valence-electron chi connectivity index (χ1n) is 7.42. The molecule has 4 heteroatoms. The molecule has 116 valence electrons. The fraction of sp³-hybridized carbons (Fsp3) is 0.105. The molecule has 0 fully saturated rings. The third-order valence-electron chi connectivity index (χ3n) is 3.35. The van der Waals surface area contributed by atoms with Crippen molar-refractivity contribution in [2.75, 3.05) is 7.11 Å². The molecular weight excluding hydrogens is 288 g/mol. The summed E-state index contributed by atoms with van der Waals surface area (Å²) in [5, 5.41) is 0. The Labute approximate surface area is 135 Å². The number of aromatic nitrogens is 1. The van der Waals surface area contributed by atoms with Gasteiger partial charge in [0.05, 0.1) is 7.11 Å². The van der Waals surface area contributed by atoms with Crippen LogP contribution in [0.15, 0.2) is 77.4 Å². The standard InChI is InChI=1S/C19H18N2O2/c1-22-20-14-8-13-17-21-18(15-9-4-2-5-10-15)19(23-17)16-11-6-3-7-12-16/h2-12,14,20H,13H2,1H3/b14-8+. The van der Waals surface area contributed by atoms with Crippen LogP contribution in [0.4, 0.5) is 0 Å². The highest BCUT2D eigenvalue weighted by Crippen LogP contribution is 2.32. The van der Waals surface area contributed by atoms with Gasteiger partial charge in [0.25, 0.3) is 0 Å². The molecule has 0 amide bonds. The third kappa shape index (κ3) is 3.67. The maximum Gasteiger partial charge on any atom is 0.199 e. The highest BCUT2D eigenvalue weighted by atomic mass is 16.6. The van der Waals surface area contributed by atoms with Gasteiger partial charge in [0.15, 0.2) is 11.7 Å². The van der Waals surface area contributed by atoms with E-state index in [1.54, 1.807) is 13.3 Å².